The van der Waals surface area contributed by atoms with Crippen LogP contribution in [0.2, 0.25) is 0 Å². The van der Waals surface area contributed by atoms with Crippen molar-refractivity contribution in [3.05, 3.63) is 16.7 Å². The third kappa shape index (κ3) is 3.95. The number of methoxy groups -OCH3 is 1. The van der Waals surface area contributed by atoms with E-state index in [9.17, 15) is 15.0 Å². The Morgan fingerprint density at radius 2 is 2.13 bits per heavy atom. The Morgan fingerprint density at radius 3 is 2.70 bits per heavy atom. The van der Waals surface area contributed by atoms with Gasteiger partial charge in [0, 0.05) is 0 Å². The van der Waals surface area contributed by atoms with Crippen LogP contribution in [0.1, 0.15) is 12.6 Å². The highest BCUT2D eigenvalue weighted by molar-refractivity contribution is 7.72. The third-order valence-electron chi connectivity index (χ3n) is 3.80. The number of anilines is 1. The zero-order chi connectivity index (χ0) is 17.4. The van der Waals surface area contributed by atoms with Crippen molar-refractivity contribution in [1.29, 1.82) is 0 Å². The van der Waals surface area contributed by atoms with Gasteiger partial charge in [0.05, 0.1) is 19.4 Å². The van der Waals surface area contributed by atoms with Gasteiger partial charge in [0.25, 0.3) is 0 Å². The van der Waals surface area contributed by atoms with Crippen LogP contribution in [0.5, 0.6) is 5.75 Å². The number of aliphatic hydroxyl groups excluding tert-OH is 2. The molecule has 1 aliphatic heterocycles. The standard InChI is InChI=1S/C14H24N3O5P/c1-21-9-7-17(14(20)16-12(9)15)13-11(19)10(18)8(22-13)5-6-23(2,3)4/h7-8,10-11,13,18-19H,2,5-6H2,1,3-4H3,(H2,15,16,20)/t8-,10-,11-,13-/m1/s1. The summed E-state index contributed by atoms with van der Waals surface area (Å²) in [6.07, 6.45) is 2.90. The van der Waals surface area contributed by atoms with Crippen molar-refractivity contribution < 1.29 is 19.7 Å². The number of hydrogen-bond donors (Lipinski definition) is 3. The van der Waals surface area contributed by atoms with E-state index in [1.54, 1.807) is 0 Å². The normalized spacial score (nSPS) is 28.0. The van der Waals surface area contributed by atoms with Crippen LogP contribution in [0.4, 0.5) is 5.82 Å². The van der Waals surface area contributed by atoms with E-state index >= 15 is 0 Å². The highest BCUT2D eigenvalue weighted by Crippen LogP contribution is 2.39. The van der Waals surface area contributed by atoms with E-state index < -0.39 is 37.1 Å². The van der Waals surface area contributed by atoms with Gasteiger partial charge in [-0.25, -0.2) is 4.79 Å². The van der Waals surface area contributed by atoms with E-state index in [1.165, 1.54) is 13.3 Å². The Bertz CT molecular complexity index is 671. The summed E-state index contributed by atoms with van der Waals surface area (Å²) in [5.74, 6) is 0.157. The molecular weight excluding hydrogens is 321 g/mol. The maximum atomic E-state index is 12.0. The average Bonchev–Trinajstić information content (AvgIpc) is 2.73. The Labute approximate surface area is 134 Å². The van der Waals surface area contributed by atoms with Gasteiger partial charge in [0.15, 0.2) is 17.8 Å². The first-order valence-corrected chi connectivity index (χ1v) is 10.3. The molecule has 8 nitrogen and oxygen atoms in total. The van der Waals surface area contributed by atoms with Gasteiger partial charge >= 0.3 is 5.69 Å². The van der Waals surface area contributed by atoms with Crippen molar-refractivity contribution in [2.24, 2.45) is 0 Å². The minimum atomic E-state index is -1.28. The number of aromatic nitrogens is 2. The first-order valence-electron chi connectivity index (χ1n) is 7.25. The van der Waals surface area contributed by atoms with Gasteiger partial charge < -0.3 is 25.4 Å². The van der Waals surface area contributed by atoms with Gasteiger partial charge in [-0.15, -0.1) is 13.2 Å². The van der Waals surface area contributed by atoms with E-state index in [4.69, 9.17) is 15.2 Å². The first-order chi connectivity index (χ1) is 10.6. The summed E-state index contributed by atoms with van der Waals surface area (Å²) in [6, 6.07) is 0. The molecule has 4 atom stereocenters. The van der Waals surface area contributed by atoms with Crippen LogP contribution in [0.3, 0.4) is 0 Å². The predicted octanol–water partition coefficient (Wildman–Crippen LogP) is -0.447. The zero-order valence-corrected chi connectivity index (χ0v) is 14.4. The molecule has 0 radical (unpaired) electrons. The summed E-state index contributed by atoms with van der Waals surface area (Å²) in [4.78, 5) is 15.7. The molecule has 0 spiro atoms. The highest BCUT2D eigenvalue weighted by atomic mass is 31.2. The van der Waals surface area contributed by atoms with Gasteiger partial charge in [-0.05, 0) is 25.9 Å². The van der Waals surface area contributed by atoms with Crippen LogP contribution < -0.4 is 16.2 Å². The van der Waals surface area contributed by atoms with Crippen LogP contribution in [-0.2, 0) is 4.74 Å². The molecule has 23 heavy (non-hydrogen) atoms. The lowest BCUT2D eigenvalue weighted by Gasteiger charge is -2.19. The monoisotopic (exact) mass is 345 g/mol. The molecule has 4 N–H and O–H groups in total. The van der Waals surface area contributed by atoms with Crippen LogP contribution >= 0.6 is 6.89 Å². The number of nitrogens with zero attached hydrogens (tertiary/aromatic N) is 2. The van der Waals surface area contributed by atoms with Crippen molar-refractivity contribution >= 4 is 19.0 Å². The summed E-state index contributed by atoms with van der Waals surface area (Å²) in [7, 11) is 1.39. The maximum absolute atomic E-state index is 12.0. The molecule has 0 aromatic carbocycles. The molecular formula is C14H24N3O5P. The third-order valence-corrected chi connectivity index (χ3v) is 5.26. The summed E-state index contributed by atoms with van der Waals surface area (Å²) < 4.78 is 11.8. The molecule has 1 aromatic heterocycles. The molecule has 1 aliphatic rings. The summed E-state index contributed by atoms with van der Waals surface area (Å²) in [6.45, 7) is 2.89. The first kappa shape index (κ1) is 18.0. The largest absolute Gasteiger partial charge is 0.491 e. The molecule has 0 unspecified atom stereocenters. The van der Waals surface area contributed by atoms with Gasteiger partial charge in [-0.1, -0.05) is 0 Å². The summed E-state index contributed by atoms with van der Waals surface area (Å²) >= 11 is 0. The molecule has 0 bridgehead atoms. The number of nitrogens with two attached hydrogens (primary N) is 1. The number of nitrogen functional groups attached to an aromatic ring is 1. The van der Waals surface area contributed by atoms with E-state index in [0.29, 0.717) is 6.42 Å². The fourth-order valence-corrected chi connectivity index (χ4v) is 3.43. The smallest absolute Gasteiger partial charge is 0.351 e. The molecule has 1 saturated heterocycles. The Balaban J connectivity index is 2.24. The lowest BCUT2D eigenvalue weighted by Crippen LogP contribution is -2.35. The lowest BCUT2D eigenvalue weighted by atomic mass is 10.1. The van der Waals surface area contributed by atoms with Crippen LogP contribution in [-0.4, -0.2) is 71.0 Å². The molecule has 0 amide bonds. The van der Waals surface area contributed by atoms with Crippen molar-refractivity contribution in [3.63, 3.8) is 0 Å². The molecule has 130 valence electrons. The molecule has 1 fully saturated rings. The van der Waals surface area contributed by atoms with Crippen molar-refractivity contribution in [3.8, 4) is 5.75 Å². The molecule has 2 heterocycles. The van der Waals surface area contributed by atoms with Crippen LogP contribution in [0, 0.1) is 0 Å². The van der Waals surface area contributed by atoms with Gasteiger partial charge in [0.2, 0.25) is 0 Å². The van der Waals surface area contributed by atoms with Gasteiger partial charge in [-0.2, -0.15) is 4.98 Å². The van der Waals surface area contributed by atoms with E-state index in [2.05, 4.69) is 24.6 Å². The molecule has 0 aliphatic carbocycles. The molecule has 0 saturated carbocycles. The molecule has 1 aromatic rings. The summed E-state index contributed by atoms with van der Waals surface area (Å²) in [5, 5.41) is 20.4. The van der Waals surface area contributed by atoms with Crippen molar-refractivity contribution in [2.75, 3.05) is 32.3 Å². The maximum Gasteiger partial charge on any atom is 0.351 e. The second-order valence-electron chi connectivity index (χ2n) is 6.38. The van der Waals surface area contributed by atoms with Gasteiger partial charge in [-0.3, -0.25) is 4.57 Å². The summed E-state index contributed by atoms with van der Waals surface area (Å²) in [5.41, 5.74) is 4.90. The topological polar surface area (TPSA) is 120 Å². The highest BCUT2D eigenvalue weighted by Gasteiger charge is 2.44. The van der Waals surface area contributed by atoms with Crippen molar-refractivity contribution in [1.82, 2.24) is 9.55 Å². The number of aliphatic hydroxyl groups is 2. The number of rotatable bonds is 5. The average molecular weight is 345 g/mol. The van der Waals surface area contributed by atoms with Gasteiger partial charge in [0.1, 0.15) is 12.2 Å². The Hall–Kier alpha value is -1.34. The Morgan fingerprint density at radius 1 is 1.48 bits per heavy atom. The Kier molecular flexibility index (Phi) is 5.20. The van der Waals surface area contributed by atoms with E-state index in [0.717, 1.165) is 10.7 Å². The number of ether oxygens (including phenoxy) is 2. The molecule has 2 rings (SSSR count). The predicted molar refractivity (Wildman–Crippen MR) is 90.8 cm³/mol. The van der Waals surface area contributed by atoms with Crippen molar-refractivity contribution in [2.45, 2.75) is 31.0 Å². The second kappa shape index (κ2) is 6.65. The quantitative estimate of drug-likeness (QED) is 0.618. The second-order valence-corrected chi connectivity index (χ2v) is 10.7. The zero-order valence-electron chi connectivity index (χ0n) is 13.5. The van der Waals surface area contributed by atoms with Crippen LogP contribution in [0.25, 0.3) is 0 Å². The lowest BCUT2D eigenvalue weighted by molar-refractivity contribution is -0.0404. The fourth-order valence-electron chi connectivity index (χ4n) is 2.48. The van der Waals surface area contributed by atoms with E-state index in [-0.39, 0.29) is 11.6 Å². The fraction of sp³-hybridized carbons (Fsp3) is 0.643. The minimum Gasteiger partial charge on any atom is -0.491 e. The molecule has 9 heteroatoms. The minimum absolute atomic E-state index is 0.0399. The van der Waals surface area contributed by atoms with E-state index in [1.807, 2.05) is 0 Å². The number of hydrogen-bond acceptors (Lipinski definition) is 7. The van der Waals surface area contributed by atoms with Crippen LogP contribution in [0.15, 0.2) is 11.0 Å². The SMILES string of the molecule is C=P(C)(C)CC[C@H]1O[C@@H](n2cc(OC)c(N)nc2=O)[C@H](O)[C@@H]1O.